The van der Waals surface area contributed by atoms with Crippen LogP contribution in [0.4, 0.5) is 0 Å². The van der Waals surface area contributed by atoms with Gasteiger partial charge in [0, 0.05) is 0 Å². The largest absolute Gasteiger partial charge is 0.457 e. The quantitative estimate of drug-likeness (QED) is 0.428. The topological polar surface area (TPSA) is 9.23 Å². The van der Waals surface area contributed by atoms with Crippen LogP contribution in [0.25, 0.3) is 16.8 Å². The van der Waals surface area contributed by atoms with Gasteiger partial charge in [-0.15, -0.1) is 0 Å². The lowest BCUT2D eigenvalue weighted by atomic mass is 9.93. The van der Waals surface area contributed by atoms with E-state index in [1.54, 1.807) is 0 Å². The Kier molecular flexibility index (Phi) is 6.24. The molecule has 0 N–H and O–H groups in total. The summed E-state index contributed by atoms with van der Waals surface area (Å²) in [6, 6.07) is 32.5. The van der Waals surface area contributed by atoms with Crippen LogP contribution in [-0.2, 0) is 6.42 Å². The Morgan fingerprint density at radius 2 is 1.19 bits per heavy atom. The standard InChI is InChI=1S/C13H10.C12H10O.H4Si/c1-4-10-6-2-8-12-9-3-7-11(5-1)13(10)12;1-3-7-11(8-4-1)13-12-9-5-2-6-10-12;/h1-8H,9H2;1-10H;1H4. The molecule has 0 unspecified atom stereocenters. The number of benzene rings is 4. The average molecular weight is 369 g/mol. The molecule has 0 radical (unpaired) electrons. The molecule has 0 aromatic heterocycles. The molecule has 27 heavy (non-hydrogen) atoms. The van der Waals surface area contributed by atoms with Gasteiger partial charge in [-0.3, -0.25) is 0 Å². The molecule has 2 heteroatoms. The van der Waals surface area contributed by atoms with E-state index in [0.717, 1.165) is 17.9 Å². The molecule has 0 saturated carbocycles. The normalized spacial score (nSPS) is 11.1. The lowest BCUT2D eigenvalue weighted by Crippen LogP contribution is -1.91. The van der Waals surface area contributed by atoms with Crippen LogP contribution >= 0.6 is 0 Å². The summed E-state index contributed by atoms with van der Waals surface area (Å²) in [4.78, 5) is 0. The summed E-state index contributed by atoms with van der Waals surface area (Å²) in [6.07, 6.45) is 5.53. The first-order valence-electron chi connectivity index (χ1n) is 8.85. The maximum Gasteiger partial charge on any atom is 0.127 e. The van der Waals surface area contributed by atoms with Crippen molar-refractivity contribution in [3.05, 3.63) is 114 Å². The zero-order valence-corrected chi connectivity index (χ0v) is 14.5. The predicted molar refractivity (Wildman–Crippen MR) is 121 cm³/mol. The Balaban J connectivity index is 0.000000150. The molecule has 0 aliphatic heterocycles. The average Bonchev–Trinajstić information content (AvgIpc) is 2.71. The molecule has 0 amide bonds. The van der Waals surface area contributed by atoms with Crippen LogP contribution in [-0.4, -0.2) is 11.0 Å². The van der Waals surface area contributed by atoms with Crippen LogP contribution in [0, 0.1) is 0 Å². The molecule has 0 fully saturated rings. The van der Waals surface area contributed by atoms with Crippen LogP contribution in [0.2, 0.25) is 0 Å². The van der Waals surface area contributed by atoms with Crippen molar-refractivity contribution in [3.63, 3.8) is 0 Å². The van der Waals surface area contributed by atoms with Crippen molar-refractivity contribution < 1.29 is 4.74 Å². The van der Waals surface area contributed by atoms with Gasteiger partial charge in [0.2, 0.25) is 0 Å². The third-order valence-corrected chi connectivity index (χ3v) is 4.38. The molecule has 0 saturated heterocycles. The molecule has 0 bridgehead atoms. The van der Waals surface area contributed by atoms with Gasteiger partial charge in [0.05, 0.1) is 0 Å². The Morgan fingerprint density at radius 1 is 0.593 bits per heavy atom. The zero-order chi connectivity index (χ0) is 17.6. The van der Waals surface area contributed by atoms with Gasteiger partial charge in [0.15, 0.2) is 0 Å². The highest BCUT2D eigenvalue weighted by atomic mass is 28.1. The highest BCUT2D eigenvalue weighted by Crippen LogP contribution is 2.27. The molecule has 1 aliphatic carbocycles. The van der Waals surface area contributed by atoms with E-state index in [1.807, 2.05) is 60.7 Å². The number of ether oxygens (including phenoxy) is 1. The molecule has 4 aromatic rings. The van der Waals surface area contributed by atoms with E-state index in [4.69, 9.17) is 4.74 Å². The summed E-state index contributed by atoms with van der Waals surface area (Å²) in [5, 5.41) is 2.80. The Bertz CT molecular complexity index is 981. The maximum absolute atomic E-state index is 5.58. The first-order chi connectivity index (χ1) is 12.9. The van der Waals surface area contributed by atoms with Crippen molar-refractivity contribution in [2.45, 2.75) is 6.42 Å². The molecule has 134 valence electrons. The fourth-order valence-corrected chi connectivity index (χ4v) is 3.18. The highest BCUT2D eigenvalue weighted by Gasteiger charge is 2.06. The van der Waals surface area contributed by atoms with E-state index in [-0.39, 0.29) is 11.0 Å². The Morgan fingerprint density at radius 3 is 1.81 bits per heavy atom. The van der Waals surface area contributed by atoms with Crippen LogP contribution in [0.1, 0.15) is 11.1 Å². The smallest absolute Gasteiger partial charge is 0.127 e. The molecule has 5 rings (SSSR count). The minimum atomic E-state index is 0. The van der Waals surface area contributed by atoms with Gasteiger partial charge in [-0.05, 0) is 63.6 Å². The molecular weight excluding hydrogens is 344 g/mol. The monoisotopic (exact) mass is 368 g/mol. The predicted octanol–water partition coefficient (Wildman–Crippen LogP) is 5.44. The summed E-state index contributed by atoms with van der Waals surface area (Å²) in [6.45, 7) is 0. The van der Waals surface area contributed by atoms with E-state index < -0.39 is 0 Å². The fraction of sp³-hybridized carbons (Fsp3) is 0.0400. The van der Waals surface area contributed by atoms with E-state index in [2.05, 4.69) is 48.6 Å². The van der Waals surface area contributed by atoms with Crippen LogP contribution in [0.15, 0.2) is 103 Å². The minimum absolute atomic E-state index is 0. The summed E-state index contributed by atoms with van der Waals surface area (Å²) in [5.74, 6) is 1.74. The van der Waals surface area contributed by atoms with Crippen LogP contribution in [0.5, 0.6) is 11.5 Å². The van der Waals surface area contributed by atoms with Crippen molar-refractivity contribution in [2.24, 2.45) is 0 Å². The molecule has 4 aromatic carbocycles. The van der Waals surface area contributed by atoms with E-state index in [1.165, 1.54) is 21.9 Å². The second kappa shape index (κ2) is 9.02. The van der Waals surface area contributed by atoms with Crippen molar-refractivity contribution >= 4 is 27.8 Å². The van der Waals surface area contributed by atoms with E-state index in [0.29, 0.717) is 0 Å². The van der Waals surface area contributed by atoms with Crippen molar-refractivity contribution in [1.29, 1.82) is 0 Å². The number of allylic oxidation sites excluding steroid dienone is 1. The number of hydrogen-bond donors (Lipinski definition) is 0. The van der Waals surface area contributed by atoms with Crippen LogP contribution in [0.3, 0.4) is 0 Å². The van der Waals surface area contributed by atoms with Gasteiger partial charge < -0.3 is 4.74 Å². The van der Waals surface area contributed by atoms with Gasteiger partial charge >= 0.3 is 0 Å². The van der Waals surface area contributed by atoms with Gasteiger partial charge in [0.25, 0.3) is 0 Å². The molecule has 1 aliphatic rings. The van der Waals surface area contributed by atoms with Crippen molar-refractivity contribution in [1.82, 2.24) is 0 Å². The first-order valence-corrected chi connectivity index (χ1v) is 8.85. The molecular formula is C25H24OSi. The number of hydrogen-bond acceptors (Lipinski definition) is 1. The first kappa shape index (κ1) is 18.7. The second-order valence-corrected chi connectivity index (χ2v) is 6.20. The summed E-state index contributed by atoms with van der Waals surface area (Å²) in [5.41, 5.74) is 2.81. The number of para-hydroxylation sites is 2. The number of rotatable bonds is 2. The summed E-state index contributed by atoms with van der Waals surface area (Å²) < 4.78 is 5.58. The minimum Gasteiger partial charge on any atom is -0.457 e. The lowest BCUT2D eigenvalue weighted by Gasteiger charge is -2.11. The molecule has 1 nitrogen and oxygen atoms in total. The fourth-order valence-electron chi connectivity index (χ4n) is 3.18. The molecule has 0 spiro atoms. The third kappa shape index (κ3) is 4.55. The zero-order valence-electron chi connectivity index (χ0n) is 14.5. The summed E-state index contributed by atoms with van der Waals surface area (Å²) >= 11 is 0. The van der Waals surface area contributed by atoms with E-state index in [9.17, 15) is 0 Å². The van der Waals surface area contributed by atoms with Crippen LogP contribution < -0.4 is 4.74 Å². The molecule has 0 heterocycles. The Hall–Kier alpha value is -3.10. The SMILES string of the molecule is C1=Cc2cccc3cccc(c23)C1.[SiH4].c1ccc(Oc2ccccc2)cc1. The maximum atomic E-state index is 5.58. The van der Waals surface area contributed by atoms with Gasteiger partial charge in [-0.1, -0.05) is 84.9 Å². The van der Waals surface area contributed by atoms with Crippen molar-refractivity contribution in [3.8, 4) is 11.5 Å². The van der Waals surface area contributed by atoms with E-state index >= 15 is 0 Å². The van der Waals surface area contributed by atoms with Crippen molar-refractivity contribution in [2.75, 3.05) is 0 Å². The van der Waals surface area contributed by atoms with Gasteiger partial charge in [-0.25, -0.2) is 0 Å². The van der Waals surface area contributed by atoms with Gasteiger partial charge in [-0.2, -0.15) is 0 Å². The highest BCUT2D eigenvalue weighted by molar-refractivity contribution is 5.94. The Labute approximate surface area is 165 Å². The van der Waals surface area contributed by atoms with Gasteiger partial charge in [0.1, 0.15) is 11.5 Å². The second-order valence-electron chi connectivity index (χ2n) is 6.20. The third-order valence-electron chi connectivity index (χ3n) is 4.38. The lowest BCUT2D eigenvalue weighted by molar-refractivity contribution is 0.482. The molecule has 0 atom stereocenters. The summed E-state index contributed by atoms with van der Waals surface area (Å²) in [7, 11) is 0.